The summed E-state index contributed by atoms with van der Waals surface area (Å²) in [6.45, 7) is 0.865. The number of hydrogen-bond donors (Lipinski definition) is 1. The molecule has 0 spiro atoms. The van der Waals surface area contributed by atoms with E-state index in [4.69, 9.17) is 9.84 Å². The van der Waals surface area contributed by atoms with Crippen LogP contribution in [0.1, 0.15) is 12.8 Å². The van der Waals surface area contributed by atoms with Gasteiger partial charge < -0.3 is 14.7 Å². The zero-order chi connectivity index (χ0) is 12.3. The maximum absolute atomic E-state index is 11.8. The van der Waals surface area contributed by atoms with Gasteiger partial charge in [0.2, 0.25) is 0 Å². The molecule has 1 aliphatic rings. The SMILES string of the molecule is O=C1COc2ccc(Br)cc2N1CCCCO. The van der Waals surface area contributed by atoms with Crippen LogP contribution in [0.15, 0.2) is 22.7 Å². The molecule has 1 aliphatic heterocycles. The molecule has 0 saturated heterocycles. The molecule has 0 radical (unpaired) electrons. The van der Waals surface area contributed by atoms with Crippen molar-refractivity contribution in [2.24, 2.45) is 0 Å². The van der Waals surface area contributed by atoms with Crippen molar-refractivity contribution in [2.75, 3.05) is 24.7 Å². The molecule has 0 saturated carbocycles. The predicted molar refractivity (Wildman–Crippen MR) is 68.3 cm³/mol. The first kappa shape index (κ1) is 12.4. The van der Waals surface area contributed by atoms with Gasteiger partial charge in [0.05, 0.1) is 5.69 Å². The number of ether oxygens (including phenoxy) is 1. The fourth-order valence-corrected chi connectivity index (χ4v) is 2.15. The largest absolute Gasteiger partial charge is 0.482 e. The zero-order valence-corrected chi connectivity index (χ0v) is 10.9. The van der Waals surface area contributed by atoms with Crippen molar-refractivity contribution in [2.45, 2.75) is 12.8 Å². The Bertz CT molecular complexity index is 422. The van der Waals surface area contributed by atoms with E-state index in [-0.39, 0.29) is 19.1 Å². The van der Waals surface area contributed by atoms with Crippen LogP contribution in [0.2, 0.25) is 0 Å². The summed E-state index contributed by atoms with van der Waals surface area (Å²) in [4.78, 5) is 13.5. The highest BCUT2D eigenvalue weighted by Gasteiger charge is 2.24. The maximum Gasteiger partial charge on any atom is 0.265 e. The van der Waals surface area contributed by atoms with Crippen molar-refractivity contribution < 1.29 is 14.6 Å². The summed E-state index contributed by atoms with van der Waals surface area (Å²) in [7, 11) is 0. The molecule has 0 unspecified atom stereocenters. The summed E-state index contributed by atoms with van der Waals surface area (Å²) in [5.41, 5.74) is 0.800. The summed E-state index contributed by atoms with van der Waals surface area (Å²) >= 11 is 3.39. The van der Waals surface area contributed by atoms with E-state index < -0.39 is 0 Å². The lowest BCUT2D eigenvalue weighted by Crippen LogP contribution is -2.39. The average molecular weight is 300 g/mol. The normalized spacial score (nSPS) is 14.5. The topological polar surface area (TPSA) is 49.8 Å². The van der Waals surface area contributed by atoms with Gasteiger partial charge >= 0.3 is 0 Å². The second kappa shape index (κ2) is 5.51. The maximum atomic E-state index is 11.8. The van der Waals surface area contributed by atoms with E-state index in [1.165, 1.54) is 0 Å². The van der Waals surface area contributed by atoms with E-state index in [0.717, 1.165) is 22.3 Å². The molecule has 17 heavy (non-hydrogen) atoms. The molecule has 1 aromatic rings. The Kier molecular flexibility index (Phi) is 4.02. The number of fused-ring (bicyclic) bond motifs is 1. The first-order valence-electron chi connectivity index (χ1n) is 5.56. The van der Waals surface area contributed by atoms with Gasteiger partial charge in [-0.05, 0) is 31.0 Å². The Morgan fingerprint density at radius 1 is 1.41 bits per heavy atom. The van der Waals surface area contributed by atoms with Gasteiger partial charge in [0.1, 0.15) is 5.75 Å². The van der Waals surface area contributed by atoms with E-state index in [0.29, 0.717) is 13.0 Å². The minimum atomic E-state index is -0.0338. The zero-order valence-electron chi connectivity index (χ0n) is 9.36. The molecule has 1 N–H and O–H groups in total. The molecule has 1 amide bonds. The fourth-order valence-electron chi connectivity index (χ4n) is 1.80. The van der Waals surface area contributed by atoms with Crippen molar-refractivity contribution in [1.29, 1.82) is 0 Å². The smallest absolute Gasteiger partial charge is 0.265 e. The predicted octanol–water partition coefficient (Wildman–Crippen LogP) is 1.95. The number of anilines is 1. The molecule has 0 fully saturated rings. The molecule has 5 heteroatoms. The van der Waals surface area contributed by atoms with Crippen LogP contribution in [-0.2, 0) is 4.79 Å². The Morgan fingerprint density at radius 2 is 2.24 bits per heavy atom. The second-order valence-electron chi connectivity index (χ2n) is 3.88. The molecule has 4 nitrogen and oxygen atoms in total. The number of halogens is 1. The lowest BCUT2D eigenvalue weighted by atomic mass is 10.2. The lowest BCUT2D eigenvalue weighted by Gasteiger charge is -2.29. The standard InChI is InChI=1S/C12H14BrNO3/c13-9-3-4-11-10(7-9)14(5-1-2-6-15)12(16)8-17-11/h3-4,7,15H,1-2,5-6,8H2. The van der Waals surface area contributed by atoms with E-state index in [2.05, 4.69) is 15.9 Å². The van der Waals surface area contributed by atoms with Gasteiger partial charge in [-0.25, -0.2) is 0 Å². The lowest BCUT2D eigenvalue weighted by molar-refractivity contribution is -0.121. The van der Waals surface area contributed by atoms with E-state index >= 15 is 0 Å². The molecule has 92 valence electrons. The van der Waals surface area contributed by atoms with Crippen LogP contribution >= 0.6 is 15.9 Å². The first-order valence-corrected chi connectivity index (χ1v) is 6.35. The third kappa shape index (κ3) is 2.79. The van der Waals surface area contributed by atoms with Gasteiger partial charge in [0, 0.05) is 17.6 Å². The minimum absolute atomic E-state index is 0.0338. The summed E-state index contributed by atoms with van der Waals surface area (Å²) < 4.78 is 6.28. The Balaban J connectivity index is 2.20. The number of benzene rings is 1. The van der Waals surface area contributed by atoms with E-state index in [9.17, 15) is 4.79 Å². The molecule has 0 bridgehead atoms. The second-order valence-corrected chi connectivity index (χ2v) is 4.79. The Hall–Kier alpha value is -1.07. The summed E-state index contributed by atoms with van der Waals surface area (Å²) in [5.74, 6) is 0.699. The van der Waals surface area contributed by atoms with Gasteiger partial charge in [-0.15, -0.1) is 0 Å². The molecule has 1 aromatic carbocycles. The van der Waals surface area contributed by atoms with Crippen molar-refractivity contribution in [3.63, 3.8) is 0 Å². The van der Waals surface area contributed by atoms with Crippen molar-refractivity contribution >= 4 is 27.5 Å². The highest BCUT2D eigenvalue weighted by atomic mass is 79.9. The summed E-state index contributed by atoms with van der Waals surface area (Å²) in [5, 5.41) is 8.77. The number of aliphatic hydroxyl groups is 1. The number of amides is 1. The molecule has 1 heterocycles. The monoisotopic (exact) mass is 299 g/mol. The van der Waals surface area contributed by atoms with E-state index in [1.807, 2.05) is 18.2 Å². The van der Waals surface area contributed by atoms with Crippen molar-refractivity contribution in [3.05, 3.63) is 22.7 Å². The van der Waals surface area contributed by atoms with E-state index in [1.54, 1.807) is 4.90 Å². The van der Waals surface area contributed by atoms with Crippen LogP contribution in [0.3, 0.4) is 0 Å². The van der Waals surface area contributed by atoms with Gasteiger partial charge in [-0.2, -0.15) is 0 Å². The molecular formula is C12H14BrNO3. The Labute approximate surface area is 108 Å². The van der Waals surface area contributed by atoms with Crippen LogP contribution < -0.4 is 9.64 Å². The van der Waals surface area contributed by atoms with Crippen LogP contribution in [0.5, 0.6) is 5.75 Å². The summed E-state index contributed by atoms with van der Waals surface area (Å²) in [6, 6.07) is 5.62. The number of rotatable bonds is 4. The average Bonchev–Trinajstić information content (AvgIpc) is 2.32. The molecule has 2 rings (SSSR count). The molecule has 0 aliphatic carbocycles. The van der Waals surface area contributed by atoms with Crippen LogP contribution in [-0.4, -0.2) is 30.8 Å². The number of unbranched alkanes of at least 4 members (excludes halogenated alkanes) is 1. The van der Waals surface area contributed by atoms with Crippen molar-refractivity contribution in [3.8, 4) is 5.75 Å². The van der Waals surface area contributed by atoms with Crippen LogP contribution in [0.4, 0.5) is 5.69 Å². The molecule has 0 atom stereocenters. The third-order valence-corrected chi connectivity index (χ3v) is 3.15. The van der Waals surface area contributed by atoms with Gasteiger partial charge in [0.25, 0.3) is 5.91 Å². The highest BCUT2D eigenvalue weighted by molar-refractivity contribution is 9.10. The first-order chi connectivity index (χ1) is 8.22. The van der Waals surface area contributed by atoms with Crippen LogP contribution in [0, 0.1) is 0 Å². The van der Waals surface area contributed by atoms with Crippen LogP contribution in [0.25, 0.3) is 0 Å². The molecule has 0 aromatic heterocycles. The molecular weight excluding hydrogens is 286 g/mol. The van der Waals surface area contributed by atoms with Crippen molar-refractivity contribution in [1.82, 2.24) is 0 Å². The minimum Gasteiger partial charge on any atom is -0.482 e. The van der Waals surface area contributed by atoms with Gasteiger partial charge in [-0.3, -0.25) is 4.79 Å². The number of nitrogens with zero attached hydrogens (tertiary/aromatic N) is 1. The number of aliphatic hydroxyl groups excluding tert-OH is 1. The quantitative estimate of drug-likeness (QED) is 0.865. The third-order valence-electron chi connectivity index (χ3n) is 2.65. The summed E-state index contributed by atoms with van der Waals surface area (Å²) in [6.07, 6.45) is 1.49. The number of carbonyl (C=O) groups is 1. The number of hydrogen-bond acceptors (Lipinski definition) is 3. The van der Waals surface area contributed by atoms with Gasteiger partial charge in [0.15, 0.2) is 6.61 Å². The number of carbonyl (C=O) groups excluding carboxylic acids is 1. The van der Waals surface area contributed by atoms with Gasteiger partial charge in [-0.1, -0.05) is 15.9 Å². The Morgan fingerprint density at radius 3 is 3.00 bits per heavy atom. The fraction of sp³-hybridized carbons (Fsp3) is 0.417. The highest BCUT2D eigenvalue weighted by Crippen LogP contribution is 2.34.